The summed E-state index contributed by atoms with van der Waals surface area (Å²) in [6.07, 6.45) is 1.71. The summed E-state index contributed by atoms with van der Waals surface area (Å²) in [6.45, 7) is 0. The van der Waals surface area contributed by atoms with Crippen molar-refractivity contribution in [3.8, 4) is 16.6 Å². The number of thiophene rings is 1. The highest BCUT2D eigenvalue weighted by atomic mass is 32.1. The van der Waals surface area contributed by atoms with Crippen molar-refractivity contribution in [1.29, 1.82) is 5.26 Å². The lowest BCUT2D eigenvalue weighted by atomic mass is 10.2. The van der Waals surface area contributed by atoms with Crippen molar-refractivity contribution in [2.24, 2.45) is 0 Å². The lowest BCUT2D eigenvalue weighted by molar-refractivity contribution is 1.41. The molecule has 0 aliphatic rings. The number of nitriles is 1. The Bertz CT molecular complexity index is 450. The van der Waals surface area contributed by atoms with Gasteiger partial charge in [-0.1, -0.05) is 0 Å². The van der Waals surface area contributed by atoms with Crippen LogP contribution >= 0.6 is 22.7 Å². The van der Waals surface area contributed by atoms with Gasteiger partial charge in [0.2, 0.25) is 0 Å². The van der Waals surface area contributed by atoms with Crippen LogP contribution in [0.2, 0.25) is 0 Å². The van der Waals surface area contributed by atoms with Crippen LogP contribution in [0.4, 0.5) is 5.00 Å². The van der Waals surface area contributed by atoms with Gasteiger partial charge in [0.1, 0.15) is 11.1 Å². The summed E-state index contributed by atoms with van der Waals surface area (Å²) < 4.78 is 0. The average Bonchev–Trinajstić information content (AvgIpc) is 2.72. The largest absolute Gasteiger partial charge is 0.390 e. The van der Waals surface area contributed by atoms with Gasteiger partial charge in [-0.3, -0.25) is 0 Å². The number of anilines is 1. The van der Waals surface area contributed by atoms with Crippen LogP contribution in [0.15, 0.2) is 17.0 Å². The van der Waals surface area contributed by atoms with E-state index < -0.39 is 0 Å². The molecule has 0 saturated carbocycles. The molecule has 64 valence electrons. The highest BCUT2D eigenvalue weighted by Crippen LogP contribution is 2.35. The number of nitrogens with two attached hydrogens (primary N) is 1. The zero-order valence-corrected chi connectivity index (χ0v) is 8.15. The fourth-order valence-corrected chi connectivity index (χ4v) is 2.54. The van der Waals surface area contributed by atoms with Crippen LogP contribution in [0.3, 0.4) is 0 Å². The Morgan fingerprint density at radius 3 is 2.92 bits per heavy atom. The van der Waals surface area contributed by atoms with E-state index in [0.717, 1.165) is 10.6 Å². The summed E-state index contributed by atoms with van der Waals surface area (Å²) in [4.78, 5) is 4.12. The highest BCUT2D eigenvalue weighted by molar-refractivity contribution is 7.16. The van der Waals surface area contributed by atoms with Crippen molar-refractivity contribution in [1.82, 2.24) is 4.98 Å². The highest BCUT2D eigenvalue weighted by Gasteiger charge is 2.12. The number of hydrogen-bond donors (Lipinski definition) is 1. The van der Waals surface area contributed by atoms with Gasteiger partial charge in [-0.15, -0.1) is 22.7 Å². The van der Waals surface area contributed by atoms with E-state index in [0.29, 0.717) is 10.6 Å². The van der Waals surface area contributed by atoms with Gasteiger partial charge in [0.25, 0.3) is 0 Å². The maximum absolute atomic E-state index is 8.81. The average molecular weight is 207 g/mol. The van der Waals surface area contributed by atoms with Crippen LogP contribution in [-0.2, 0) is 0 Å². The summed E-state index contributed by atoms with van der Waals surface area (Å²) in [6, 6.07) is 2.10. The molecule has 0 aliphatic heterocycles. The van der Waals surface area contributed by atoms with Crippen molar-refractivity contribution in [3.05, 3.63) is 22.5 Å². The molecule has 2 rings (SSSR count). The Hall–Kier alpha value is -1.38. The monoisotopic (exact) mass is 207 g/mol. The Morgan fingerprint density at radius 2 is 2.31 bits per heavy atom. The number of aromatic nitrogens is 1. The minimum Gasteiger partial charge on any atom is -0.390 e. The Kier molecular flexibility index (Phi) is 2.00. The van der Waals surface area contributed by atoms with E-state index >= 15 is 0 Å². The van der Waals surface area contributed by atoms with E-state index in [9.17, 15) is 0 Å². The molecule has 2 aromatic heterocycles. The van der Waals surface area contributed by atoms with E-state index in [2.05, 4.69) is 11.1 Å². The molecule has 2 aromatic rings. The van der Waals surface area contributed by atoms with E-state index in [4.69, 9.17) is 11.0 Å². The van der Waals surface area contributed by atoms with Gasteiger partial charge in [-0.05, 0) is 0 Å². The molecule has 2 N–H and O–H groups in total. The van der Waals surface area contributed by atoms with Crippen LogP contribution < -0.4 is 5.73 Å². The summed E-state index contributed by atoms with van der Waals surface area (Å²) in [7, 11) is 0. The first-order chi connectivity index (χ1) is 6.33. The van der Waals surface area contributed by atoms with E-state index in [1.54, 1.807) is 11.6 Å². The van der Waals surface area contributed by atoms with Crippen LogP contribution in [0.25, 0.3) is 10.6 Å². The quantitative estimate of drug-likeness (QED) is 0.780. The van der Waals surface area contributed by atoms with E-state index in [1.165, 1.54) is 22.7 Å². The Morgan fingerprint density at radius 1 is 1.46 bits per heavy atom. The number of rotatable bonds is 1. The fraction of sp³-hybridized carbons (Fsp3) is 0. The summed E-state index contributed by atoms with van der Waals surface area (Å²) in [5, 5.41) is 13.9. The van der Waals surface area contributed by atoms with Crippen LogP contribution in [0.5, 0.6) is 0 Å². The second-order valence-corrected chi connectivity index (χ2v) is 4.14. The van der Waals surface area contributed by atoms with Crippen LogP contribution in [-0.4, -0.2) is 4.98 Å². The molecule has 3 nitrogen and oxygen atoms in total. The van der Waals surface area contributed by atoms with Gasteiger partial charge in [0, 0.05) is 17.0 Å². The second-order valence-electron chi connectivity index (χ2n) is 2.34. The molecule has 0 spiro atoms. The molecular weight excluding hydrogens is 202 g/mol. The maximum Gasteiger partial charge on any atom is 0.127 e. The van der Waals surface area contributed by atoms with Gasteiger partial charge >= 0.3 is 0 Å². The standard InChI is InChI=1S/C8H5N3S2/c9-3-5-4-13-7(10)6(5)8-11-1-2-12-8/h1-2,4H,10H2. The van der Waals surface area contributed by atoms with Gasteiger partial charge in [-0.25, -0.2) is 4.98 Å². The Labute approximate surface area is 83.1 Å². The van der Waals surface area contributed by atoms with Crippen LogP contribution in [0.1, 0.15) is 5.56 Å². The Balaban J connectivity index is 2.64. The fourth-order valence-electron chi connectivity index (χ4n) is 1.02. The summed E-state index contributed by atoms with van der Waals surface area (Å²) >= 11 is 2.86. The molecule has 13 heavy (non-hydrogen) atoms. The molecule has 5 heteroatoms. The lowest BCUT2D eigenvalue weighted by Crippen LogP contribution is -1.84. The molecule has 0 unspecified atom stereocenters. The second kappa shape index (κ2) is 3.17. The normalized spacial score (nSPS) is 9.77. The van der Waals surface area contributed by atoms with Crippen molar-refractivity contribution in [2.45, 2.75) is 0 Å². The van der Waals surface area contributed by atoms with Crippen molar-refractivity contribution in [3.63, 3.8) is 0 Å². The molecule has 2 heterocycles. The predicted molar refractivity (Wildman–Crippen MR) is 54.6 cm³/mol. The van der Waals surface area contributed by atoms with E-state index in [1.807, 2.05) is 5.38 Å². The molecule has 0 aliphatic carbocycles. The minimum absolute atomic E-state index is 0.609. The molecule has 0 fully saturated rings. The number of thiazole rings is 1. The molecule has 0 radical (unpaired) electrons. The molecule has 0 saturated heterocycles. The smallest absolute Gasteiger partial charge is 0.127 e. The van der Waals surface area contributed by atoms with Crippen molar-refractivity contribution < 1.29 is 0 Å². The molecule has 0 atom stereocenters. The minimum atomic E-state index is 0.609. The first kappa shape index (κ1) is 8.23. The van der Waals surface area contributed by atoms with Crippen molar-refractivity contribution in [2.75, 3.05) is 5.73 Å². The van der Waals surface area contributed by atoms with Gasteiger partial charge in [0.05, 0.1) is 16.1 Å². The first-order valence-electron chi connectivity index (χ1n) is 3.50. The lowest BCUT2D eigenvalue weighted by Gasteiger charge is -1.93. The number of hydrogen-bond acceptors (Lipinski definition) is 5. The molecule has 0 amide bonds. The zero-order chi connectivity index (χ0) is 9.26. The van der Waals surface area contributed by atoms with Gasteiger partial charge < -0.3 is 5.73 Å². The number of nitrogens with zero attached hydrogens (tertiary/aromatic N) is 2. The molecule has 0 aromatic carbocycles. The third-order valence-electron chi connectivity index (χ3n) is 1.59. The number of nitrogen functional groups attached to an aromatic ring is 1. The van der Waals surface area contributed by atoms with Gasteiger partial charge in [0.15, 0.2) is 0 Å². The van der Waals surface area contributed by atoms with Crippen LogP contribution in [0, 0.1) is 11.3 Å². The van der Waals surface area contributed by atoms with Gasteiger partial charge in [-0.2, -0.15) is 5.26 Å². The van der Waals surface area contributed by atoms with E-state index in [-0.39, 0.29) is 0 Å². The summed E-state index contributed by atoms with van der Waals surface area (Å²) in [5.41, 5.74) is 7.13. The third kappa shape index (κ3) is 1.30. The zero-order valence-electron chi connectivity index (χ0n) is 6.52. The SMILES string of the molecule is N#Cc1csc(N)c1-c1nccs1. The summed E-state index contributed by atoms with van der Waals surface area (Å²) in [5.74, 6) is 0. The third-order valence-corrected chi connectivity index (χ3v) is 3.19. The topological polar surface area (TPSA) is 62.7 Å². The molecular formula is C8H5N3S2. The molecule has 0 bridgehead atoms. The predicted octanol–water partition coefficient (Wildman–Crippen LogP) is 2.33. The van der Waals surface area contributed by atoms with Crippen molar-refractivity contribution >= 4 is 27.7 Å². The maximum atomic E-state index is 8.81. The first-order valence-corrected chi connectivity index (χ1v) is 5.26.